The number of carbonyl (C=O) groups excluding carboxylic acids is 1. The lowest BCUT2D eigenvalue weighted by Crippen LogP contribution is -2.40. The Morgan fingerprint density at radius 1 is 1.29 bits per heavy atom. The van der Waals surface area contributed by atoms with Gasteiger partial charge in [0, 0.05) is 23.7 Å². The van der Waals surface area contributed by atoms with Crippen LogP contribution in [0.3, 0.4) is 0 Å². The van der Waals surface area contributed by atoms with Crippen LogP contribution in [0.15, 0.2) is 29.1 Å². The number of urea groups is 1. The summed E-state index contributed by atoms with van der Waals surface area (Å²) < 4.78 is 0. The molecule has 0 fully saturated rings. The monoisotopic (exact) mass is 287 g/mol. The van der Waals surface area contributed by atoms with Gasteiger partial charge in [-0.1, -0.05) is 12.1 Å². The summed E-state index contributed by atoms with van der Waals surface area (Å²) in [6.45, 7) is 6.22. The highest BCUT2D eigenvalue weighted by molar-refractivity contribution is 5.79. The molecule has 0 aliphatic rings. The molecule has 3 N–H and O–H groups in total. The Balaban J connectivity index is 2.05. The largest absolute Gasteiger partial charge is 0.338 e. The van der Waals surface area contributed by atoms with Gasteiger partial charge in [0.05, 0.1) is 0 Å². The number of fused-ring (bicyclic) bond motifs is 1. The van der Waals surface area contributed by atoms with Crippen molar-refractivity contribution < 1.29 is 4.79 Å². The second-order valence-corrected chi connectivity index (χ2v) is 5.52. The molecule has 2 rings (SSSR count). The van der Waals surface area contributed by atoms with Gasteiger partial charge >= 0.3 is 6.03 Å². The van der Waals surface area contributed by atoms with Crippen molar-refractivity contribution >= 4 is 16.9 Å². The van der Waals surface area contributed by atoms with E-state index in [1.54, 1.807) is 0 Å². The molecule has 1 aromatic heterocycles. The first-order valence-corrected chi connectivity index (χ1v) is 7.12. The van der Waals surface area contributed by atoms with Gasteiger partial charge < -0.3 is 15.6 Å². The van der Waals surface area contributed by atoms with Crippen molar-refractivity contribution in [3.8, 4) is 0 Å². The van der Waals surface area contributed by atoms with Gasteiger partial charge in [-0.25, -0.2) is 4.79 Å². The number of benzene rings is 1. The standard InChI is InChI=1S/C16H21N3O2/c1-10(2)18-16(21)17-7-6-13-9-12-5-4-11(3)8-14(12)19-15(13)20/h4-5,8-10H,6-7H2,1-3H3,(H,19,20)(H2,17,18,21). The molecule has 0 radical (unpaired) electrons. The zero-order valence-electron chi connectivity index (χ0n) is 12.6. The van der Waals surface area contributed by atoms with Crippen LogP contribution in [0, 0.1) is 6.92 Å². The average molecular weight is 287 g/mol. The summed E-state index contributed by atoms with van der Waals surface area (Å²) in [4.78, 5) is 26.4. The number of hydrogen-bond donors (Lipinski definition) is 3. The number of H-pyrrole nitrogens is 1. The van der Waals surface area contributed by atoms with Gasteiger partial charge in [0.2, 0.25) is 0 Å². The van der Waals surface area contributed by atoms with Gasteiger partial charge in [0.15, 0.2) is 0 Å². The van der Waals surface area contributed by atoms with E-state index in [0.29, 0.717) is 18.5 Å². The fraction of sp³-hybridized carbons (Fsp3) is 0.375. The smallest absolute Gasteiger partial charge is 0.314 e. The van der Waals surface area contributed by atoms with Gasteiger partial charge in [0.25, 0.3) is 5.56 Å². The summed E-state index contributed by atoms with van der Waals surface area (Å²) >= 11 is 0. The van der Waals surface area contributed by atoms with Crippen LogP contribution in [0.1, 0.15) is 25.0 Å². The first kappa shape index (κ1) is 15.1. The quantitative estimate of drug-likeness (QED) is 0.805. The number of hydrogen-bond acceptors (Lipinski definition) is 2. The summed E-state index contributed by atoms with van der Waals surface area (Å²) in [5.41, 5.74) is 2.53. The molecule has 0 aliphatic heterocycles. The van der Waals surface area contributed by atoms with Crippen molar-refractivity contribution in [2.75, 3.05) is 6.54 Å². The molecule has 5 nitrogen and oxygen atoms in total. The number of amides is 2. The highest BCUT2D eigenvalue weighted by Crippen LogP contribution is 2.13. The molecule has 21 heavy (non-hydrogen) atoms. The predicted molar refractivity (Wildman–Crippen MR) is 84.7 cm³/mol. The molecule has 5 heteroatoms. The van der Waals surface area contributed by atoms with E-state index < -0.39 is 0 Å². The Bertz CT molecular complexity index is 704. The van der Waals surface area contributed by atoms with Gasteiger partial charge in [-0.05, 0) is 50.3 Å². The summed E-state index contributed by atoms with van der Waals surface area (Å²) in [5.74, 6) is 0. The lowest BCUT2D eigenvalue weighted by atomic mass is 10.1. The van der Waals surface area contributed by atoms with Crippen LogP contribution in [-0.4, -0.2) is 23.6 Å². The van der Waals surface area contributed by atoms with Crippen molar-refractivity contribution in [3.63, 3.8) is 0 Å². The minimum atomic E-state index is -0.210. The molecule has 112 valence electrons. The van der Waals surface area contributed by atoms with E-state index in [0.717, 1.165) is 16.5 Å². The van der Waals surface area contributed by atoms with Crippen LogP contribution >= 0.6 is 0 Å². The van der Waals surface area contributed by atoms with Crippen LogP contribution in [0.5, 0.6) is 0 Å². The summed E-state index contributed by atoms with van der Waals surface area (Å²) in [6.07, 6.45) is 0.505. The summed E-state index contributed by atoms with van der Waals surface area (Å²) in [5, 5.41) is 6.49. The Hall–Kier alpha value is -2.30. The number of nitrogens with one attached hydrogen (secondary N) is 3. The molecule has 1 heterocycles. The third-order valence-corrected chi connectivity index (χ3v) is 3.18. The van der Waals surface area contributed by atoms with E-state index in [9.17, 15) is 9.59 Å². The van der Waals surface area contributed by atoms with E-state index in [2.05, 4.69) is 15.6 Å². The van der Waals surface area contributed by atoms with Gasteiger partial charge in [0.1, 0.15) is 0 Å². The number of aryl methyl sites for hydroxylation is 1. The molecule has 0 saturated heterocycles. The van der Waals surface area contributed by atoms with E-state index in [-0.39, 0.29) is 17.6 Å². The highest BCUT2D eigenvalue weighted by Gasteiger charge is 2.05. The summed E-state index contributed by atoms with van der Waals surface area (Å²) in [7, 11) is 0. The topological polar surface area (TPSA) is 74.0 Å². The predicted octanol–water partition coefficient (Wildman–Crippen LogP) is 2.09. The van der Waals surface area contributed by atoms with Gasteiger partial charge in [-0.15, -0.1) is 0 Å². The number of aromatic amines is 1. The molecule has 0 aliphatic carbocycles. The van der Waals surface area contributed by atoms with Crippen molar-refractivity contribution in [1.82, 2.24) is 15.6 Å². The Kier molecular flexibility index (Phi) is 4.62. The molecule has 0 saturated carbocycles. The Morgan fingerprint density at radius 3 is 2.76 bits per heavy atom. The van der Waals surface area contributed by atoms with Crippen molar-refractivity contribution in [3.05, 3.63) is 45.7 Å². The normalized spacial score (nSPS) is 10.9. The van der Waals surface area contributed by atoms with Gasteiger partial charge in [-0.3, -0.25) is 4.79 Å². The minimum absolute atomic E-state index is 0.0947. The maximum Gasteiger partial charge on any atom is 0.314 e. The van der Waals surface area contributed by atoms with Crippen LogP contribution < -0.4 is 16.2 Å². The van der Waals surface area contributed by atoms with Gasteiger partial charge in [-0.2, -0.15) is 0 Å². The number of carbonyl (C=O) groups is 1. The molecule has 0 unspecified atom stereocenters. The van der Waals surface area contributed by atoms with Crippen molar-refractivity contribution in [2.24, 2.45) is 0 Å². The van der Waals surface area contributed by atoms with Crippen molar-refractivity contribution in [2.45, 2.75) is 33.2 Å². The number of pyridine rings is 1. The van der Waals surface area contributed by atoms with E-state index in [1.165, 1.54) is 0 Å². The molecule has 2 amide bonds. The molecule has 2 aromatic rings. The first-order valence-electron chi connectivity index (χ1n) is 7.12. The average Bonchev–Trinajstić information content (AvgIpc) is 2.38. The first-order chi connectivity index (χ1) is 9.95. The van der Waals surface area contributed by atoms with Crippen LogP contribution in [0.25, 0.3) is 10.9 Å². The fourth-order valence-electron chi connectivity index (χ4n) is 2.17. The third kappa shape index (κ3) is 4.08. The van der Waals surface area contributed by atoms with Crippen LogP contribution in [0.4, 0.5) is 4.79 Å². The molecular weight excluding hydrogens is 266 g/mol. The zero-order valence-corrected chi connectivity index (χ0v) is 12.6. The second kappa shape index (κ2) is 6.43. The molecule has 0 atom stereocenters. The van der Waals surface area contributed by atoms with E-state index >= 15 is 0 Å². The number of rotatable bonds is 4. The maximum absolute atomic E-state index is 12.0. The maximum atomic E-state index is 12.0. The molecular formula is C16H21N3O2. The summed E-state index contributed by atoms with van der Waals surface area (Å²) in [6, 6.07) is 7.72. The minimum Gasteiger partial charge on any atom is -0.338 e. The Morgan fingerprint density at radius 2 is 2.05 bits per heavy atom. The Labute approximate surface area is 123 Å². The SMILES string of the molecule is Cc1ccc2cc(CCNC(=O)NC(C)C)c(=O)[nH]c2c1. The fourth-order valence-corrected chi connectivity index (χ4v) is 2.17. The lowest BCUT2D eigenvalue weighted by Gasteiger charge is -2.10. The number of aromatic nitrogens is 1. The second-order valence-electron chi connectivity index (χ2n) is 5.52. The lowest BCUT2D eigenvalue weighted by molar-refractivity contribution is 0.238. The van der Waals surface area contributed by atoms with E-state index in [4.69, 9.17) is 0 Å². The van der Waals surface area contributed by atoms with Crippen molar-refractivity contribution in [1.29, 1.82) is 0 Å². The zero-order chi connectivity index (χ0) is 15.4. The highest BCUT2D eigenvalue weighted by atomic mass is 16.2. The molecule has 1 aromatic carbocycles. The van der Waals surface area contributed by atoms with E-state index in [1.807, 2.05) is 45.0 Å². The third-order valence-electron chi connectivity index (χ3n) is 3.18. The molecule has 0 bridgehead atoms. The molecule has 0 spiro atoms. The van der Waals surface area contributed by atoms with Crippen LogP contribution in [-0.2, 0) is 6.42 Å². The van der Waals surface area contributed by atoms with Crippen LogP contribution in [0.2, 0.25) is 0 Å².